The van der Waals surface area contributed by atoms with Crippen molar-refractivity contribution in [1.82, 2.24) is 15.2 Å². The fourth-order valence-electron chi connectivity index (χ4n) is 2.41. The Morgan fingerprint density at radius 3 is 2.91 bits per heavy atom. The van der Waals surface area contributed by atoms with Gasteiger partial charge in [-0.25, -0.2) is 9.78 Å². The number of nitrogens with zero attached hydrogens (tertiary/aromatic N) is 2. The summed E-state index contributed by atoms with van der Waals surface area (Å²) >= 11 is 5.78. The first-order valence-corrected chi connectivity index (χ1v) is 8.03. The zero-order valence-corrected chi connectivity index (χ0v) is 14.2. The van der Waals surface area contributed by atoms with E-state index in [-0.39, 0.29) is 12.1 Å². The summed E-state index contributed by atoms with van der Waals surface area (Å²) in [5.41, 5.74) is 0.630. The Bertz CT molecular complexity index is 499. The Labute approximate surface area is 137 Å². The van der Waals surface area contributed by atoms with E-state index in [2.05, 4.69) is 10.3 Å². The molecule has 2 heterocycles. The van der Waals surface area contributed by atoms with Gasteiger partial charge in [0.2, 0.25) is 0 Å². The largest absolute Gasteiger partial charge is 0.444 e. The van der Waals surface area contributed by atoms with Crippen LogP contribution in [-0.4, -0.2) is 40.7 Å². The maximum absolute atomic E-state index is 12.1. The number of nitrogens with one attached hydrogen (secondary N) is 1. The van der Waals surface area contributed by atoms with Crippen LogP contribution in [0.25, 0.3) is 0 Å². The smallest absolute Gasteiger partial charge is 0.410 e. The average molecular weight is 326 g/mol. The van der Waals surface area contributed by atoms with Crippen LogP contribution in [0.2, 0.25) is 5.15 Å². The highest BCUT2D eigenvalue weighted by atomic mass is 35.5. The predicted octanol–water partition coefficient (Wildman–Crippen LogP) is 3.22. The Balaban J connectivity index is 1.82. The highest BCUT2D eigenvalue weighted by Crippen LogP contribution is 2.16. The zero-order valence-electron chi connectivity index (χ0n) is 13.4. The van der Waals surface area contributed by atoms with Crippen LogP contribution in [0.3, 0.4) is 0 Å². The molecular weight excluding hydrogens is 302 g/mol. The molecule has 0 spiro atoms. The fourth-order valence-corrected chi connectivity index (χ4v) is 2.52. The Morgan fingerprint density at radius 2 is 2.27 bits per heavy atom. The summed E-state index contributed by atoms with van der Waals surface area (Å²) in [7, 11) is 0. The van der Waals surface area contributed by atoms with Crippen molar-refractivity contribution in [3.05, 3.63) is 29.0 Å². The molecule has 2 rings (SSSR count). The third kappa shape index (κ3) is 5.46. The van der Waals surface area contributed by atoms with Crippen LogP contribution in [0.1, 0.15) is 39.2 Å². The zero-order chi connectivity index (χ0) is 16.2. The Morgan fingerprint density at radius 1 is 1.50 bits per heavy atom. The second-order valence-corrected chi connectivity index (χ2v) is 7.02. The molecule has 0 radical (unpaired) electrons. The minimum absolute atomic E-state index is 0.229. The van der Waals surface area contributed by atoms with Gasteiger partial charge in [0.05, 0.1) is 0 Å². The number of piperidine rings is 1. The van der Waals surface area contributed by atoms with Crippen molar-refractivity contribution in [2.24, 2.45) is 0 Å². The first-order valence-electron chi connectivity index (χ1n) is 7.65. The van der Waals surface area contributed by atoms with Crippen LogP contribution in [0, 0.1) is 0 Å². The Kier molecular flexibility index (Phi) is 5.64. The second-order valence-electron chi connectivity index (χ2n) is 6.64. The molecule has 0 unspecified atom stereocenters. The number of likely N-dealkylation sites (tertiary alicyclic amines) is 1. The van der Waals surface area contributed by atoms with E-state index >= 15 is 0 Å². The normalized spacial score (nSPS) is 19.1. The lowest BCUT2D eigenvalue weighted by atomic mass is 10.1. The minimum atomic E-state index is -0.452. The monoisotopic (exact) mass is 325 g/mol. The minimum Gasteiger partial charge on any atom is -0.444 e. The quantitative estimate of drug-likeness (QED) is 0.867. The topological polar surface area (TPSA) is 54.5 Å². The number of hydrogen-bond acceptors (Lipinski definition) is 4. The molecule has 122 valence electrons. The summed E-state index contributed by atoms with van der Waals surface area (Å²) in [6.07, 6.45) is 3.58. The number of carbonyl (C=O) groups excluding carboxylic acids is 1. The number of ether oxygens (including phenoxy) is 1. The van der Waals surface area contributed by atoms with E-state index in [0.717, 1.165) is 31.5 Å². The summed E-state index contributed by atoms with van der Waals surface area (Å²) in [5.74, 6) is 0. The van der Waals surface area contributed by atoms with E-state index in [4.69, 9.17) is 16.3 Å². The summed E-state index contributed by atoms with van der Waals surface area (Å²) < 4.78 is 5.44. The van der Waals surface area contributed by atoms with Gasteiger partial charge in [-0.15, -0.1) is 0 Å². The Hall–Kier alpha value is -1.33. The number of pyridine rings is 1. The van der Waals surface area contributed by atoms with Gasteiger partial charge in [-0.1, -0.05) is 17.7 Å². The maximum atomic E-state index is 12.1. The van der Waals surface area contributed by atoms with Crippen molar-refractivity contribution in [2.45, 2.75) is 51.8 Å². The van der Waals surface area contributed by atoms with Gasteiger partial charge in [0.15, 0.2) is 0 Å². The predicted molar refractivity (Wildman–Crippen MR) is 86.9 cm³/mol. The summed E-state index contributed by atoms with van der Waals surface area (Å²) in [6, 6.07) is 4.01. The standard InChI is InChI=1S/C16H24ClN3O2/c1-16(2,3)22-15(21)20-8-4-5-13(11-20)18-9-12-6-7-14(17)19-10-12/h6-7,10,13,18H,4-5,8-9,11H2,1-3H3/t13-/m1/s1. The number of aromatic nitrogens is 1. The molecule has 1 fully saturated rings. The van der Waals surface area contributed by atoms with Gasteiger partial charge in [-0.2, -0.15) is 0 Å². The molecule has 0 aliphatic carbocycles. The molecule has 6 heteroatoms. The molecule has 0 saturated carbocycles. The van der Waals surface area contributed by atoms with Crippen molar-refractivity contribution in [2.75, 3.05) is 13.1 Å². The van der Waals surface area contributed by atoms with Gasteiger partial charge in [0.25, 0.3) is 0 Å². The summed E-state index contributed by atoms with van der Waals surface area (Å²) in [4.78, 5) is 18.0. The first-order chi connectivity index (χ1) is 10.3. The molecule has 1 atom stereocenters. The lowest BCUT2D eigenvalue weighted by molar-refractivity contribution is 0.0187. The molecule has 1 saturated heterocycles. The molecule has 1 aromatic rings. The van der Waals surface area contributed by atoms with Gasteiger partial charge in [-0.05, 0) is 45.2 Å². The van der Waals surface area contributed by atoms with Crippen molar-refractivity contribution in [1.29, 1.82) is 0 Å². The lowest BCUT2D eigenvalue weighted by Gasteiger charge is -2.34. The van der Waals surface area contributed by atoms with Crippen LogP contribution >= 0.6 is 11.6 Å². The van der Waals surface area contributed by atoms with Crippen molar-refractivity contribution in [3.8, 4) is 0 Å². The number of carbonyl (C=O) groups is 1. The fraction of sp³-hybridized carbons (Fsp3) is 0.625. The van der Waals surface area contributed by atoms with Crippen LogP contribution < -0.4 is 5.32 Å². The molecule has 1 aliphatic rings. The lowest BCUT2D eigenvalue weighted by Crippen LogP contribution is -2.49. The molecular formula is C16H24ClN3O2. The second kappa shape index (κ2) is 7.29. The molecule has 5 nitrogen and oxygen atoms in total. The molecule has 22 heavy (non-hydrogen) atoms. The SMILES string of the molecule is CC(C)(C)OC(=O)N1CCC[C@@H](NCc2ccc(Cl)nc2)C1. The van der Waals surface area contributed by atoms with Crippen molar-refractivity contribution >= 4 is 17.7 Å². The van der Waals surface area contributed by atoms with Crippen LogP contribution in [-0.2, 0) is 11.3 Å². The average Bonchev–Trinajstić information content (AvgIpc) is 2.45. The van der Waals surface area contributed by atoms with Crippen LogP contribution in [0.5, 0.6) is 0 Å². The summed E-state index contributed by atoms with van der Waals surface area (Å²) in [5, 5.41) is 3.97. The van der Waals surface area contributed by atoms with Crippen LogP contribution in [0.4, 0.5) is 4.79 Å². The van der Waals surface area contributed by atoms with Gasteiger partial charge in [-0.3, -0.25) is 0 Å². The van der Waals surface area contributed by atoms with Crippen molar-refractivity contribution < 1.29 is 9.53 Å². The van der Waals surface area contributed by atoms with E-state index in [0.29, 0.717) is 11.7 Å². The number of amides is 1. The number of halogens is 1. The highest BCUT2D eigenvalue weighted by Gasteiger charge is 2.27. The van der Waals surface area contributed by atoms with E-state index in [1.165, 1.54) is 0 Å². The van der Waals surface area contributed by atoms with Gasteiger partial charge in [0.1, 0.15) is 10.8 Å². The molecule has 1 aromatic heterocycles. The molecule has 0 aromatic carbocycles. The third-order valence-corrected chi connectivity index (χ3v) is 3.68. The van der Waals surface area contributed by atoms with E-state index in [1.54, 1.807) is 17.2 Å². The summed E-state index contributed by atoms with van der Waals surface area (Å²) in [6.45, 7) is 7.82. The number of hydrogen-bond donors (Lipinski definition) is 1. The molecule has 1 N–H and O–H groups in total. The molecule has 0 bridgehead atoms. The van der Waals surface area contributed by atoms with Gasteiger partial charge < -0.3 is 15.0 Å². The number of rotatable bonds is 3. The van der Waals surface area contributed by atoms with Crippen molar-refractivity contribution in [3.63, 3.8) is 0 Å². The van der Waals surface area contributed by atoms with Crippen LogP contribution in [0.15, 0.2) is 18.3 Å². The van der Waals surface area contributed by atoms with E-state index in [9.17, 15) is 4.79 Å². The maximum Gasteiger partial charge on any atom is 0.410 e. The van der Waals surface area contributed by atoms with Gasteiger partial charge in [0, 0.05) is 31.9 Å². The molecule has 1 amide bonds. The molecule has 1 aliphatic heterocycles. The van der Waals surface area contributed by atoms with E-state index < -0.39 is 5.60 Å². The van der Waals surface area contributed by atoms with E-state index in [1.807, 2.05) is 26.8 Å². The van der Waals surface area contributed by atoms with Gasteiger partial charge >= 0.3 is 6.09 Å². The first kappa shape index (κ1) is 17.0. The third-order valence-electron chi connectivity index (χ3n) is 3.46. The highest BCUT2D eigenvalue weighted by molar-refractivity contribution is 6.29.